The Morgan fingerprint density at radius 3 is 2.73 bits per heavy atom. The second kappa shape index (κ2) is 6.95. The molecule has 0 radical (unpaired) electrons. The summed E-state index contributed by atoms with van der Waals surface area (Å²) in [6.07, 6.45) is 0.861. The van der Waals surface area contributed by atoms with Crippen molar-refractivity contribution >= 4 is 56.2 Å². The van der Waals surface area contributed by atoms with Crippen molar-refractivity contribution in [1.29, 1.82) is 0 Å². The molecule has 0 amide bonds. The molecule has 3 aromatic rings. The molecule has 1 aliphatic rings. The maximum Gasteiger partial charge on any atom is 0.306 e. The summed E-state index contributed by atoms with van der Waals surface area (Å²) in [6.45, 7) is 2.66. The summed E-state index contributed by atoms with van der Waals surface area (Å²) < 4.78 is 3.33. The van der Waals surface area contributed by atoms with E-state index in [9.17, 15) is 9.90 Å². The maximum absolute atomic E-state index is 11.6. The Morgan fingerprint density at radius 1 is 1.31 bits per heavy atom. The van der Waals surface area contributed by atoms with E-state index in [0.717, 1.165) is 43.8 Å². The van der Waals surface area contributed by atoms with Gasteiger partial charge < -0.3 is 9.67 Å². The van der Waals surface area contributed by atoms with Crippen LogP contribution in [0.4, 0.5) is 0 Å². The Labute approximate surface area is 169 Å². The summed E-state index contributed by atoms with van der Waals surface area (Å²) in [7, 11) is 0. The lowest BCUT2D eigenvalue weighted by atomic mass is 9.90. The van der Waals surface area contributed by atoms with Gasteiger partial charge in [0.25, 0.3) is 0 Å². The number of aromatic nitrogens is 1. The van der Waals surface area contributed by atoms with Crippen molar-refractivity contribution < 1.29 is 9.90 Å². The molecule has 1 aliphatic heterocycles. The average Bonchev–Trinajstić information content (AvgIpc) is 3.17. The number of carboxylic acids is 1. The monoisotopic (exact) mass is 449 g/mol. The van der Waals surface area contributed by atoms with E-state index in [0.29, 0.717) is 5.02 Å². The van der Waals surface area contributed by atoms with Crippen molar-refractivity contribution in [3.8, 4) is 0 Å². The largest absolute Gasteiger partial charge is 0.481 e. The van der Waals surface area contributed by atoms with E-state index in [2.05, 4.69) is 26.6 Å². The standard InChI is InChI=1S/C20H17BrClNO2S/c1-11(20(24)25)14-9-10-23-16-4-2-3-15(21)17(16)19(18(14)23)26-13-7-5-12(22)6-8-13/h2-8,11,14H,9-10H2,1H3,(H,24,25). The molecule has 1 N–H and O–H groups in total. The molecule has 2 unspecified atom stereocenters. The van der Waals surface area contributed by atoms with Gasteiger partial charge in [0.05, 0.1) is 11.4 Å². The van der Waals surface area contributed by atoms with Crippen LogP contribution in [0.1, 0.15) is 25.0 Å². The first-order valence-electron chi connectivity index (χ1n) is 8.44. The highest BCUT2D eigenvalue weighted by atomic mass is 79.9. The Balaban J connectivity index is 1.91. The first kappa shape index (κ1) is 18.0. The van der Waals surface area contributed by atoms with Crippen LogP contribution in [0, 0.1) is 5.92 Å². The summed E-state index contributed by atoms with van der Waals surface area (Å²) in [5.41, 5.74) is 2.30. The Kier molecular flexibility index (Phi) is 4.80. The normalized spacial score (nSPS) is 17.4. The minimum Gasteiger partial charge on any atom is -0.481 e. The van der Waals surface area contributed by atoms with Gasteiger partial charge in [-0.25, -0.2) is 0 Å². The van der Waals surface area contributed by atoms with E-state index in [1.54, 1.807) is 11.8 Å². The molecule has 26 heavy (non-hydrogen) atoms. The molecule has 0 spiro atoms. The number of nitrogens with zero attached hydrogens (tertiary/aromatic N) is 1. The molecule has 6 heteroatoms. The van der Waals surface area contributed by atoms with Gasteiger partial charge in [-0.05, 0) is 42.8 Å². The first-order chi connectivity index (χ1) is 12.5. The Bertz CT molecular complexity index is 999. The zero-order chi connectivity index (χ0) is 18.4. The predicted molar refractivity (Wildman–Crippen MR) is 109 cm³/mol. The lowest BCUT2D eigenvalue weighted by Crippen LogP contribution is -2.17. The van der Waals surface area contributed by atoms with Gasteiger partial charge in [0.15, 0.2) is 0 Å². The number of hydrogen-bond donors (Lipinski definition) is 1. The van der Waals surface area contributed by atoms with Crippen molar-refractivity contribution in [1.82, 2.24) is 4.57 Å². The number of fused-ring (bicyclic) bond motifs is 3. The number of benzene rings is 2. The van der Waals surface area contributed by atoms with Crippen molar-refractivity contribution in [2.24, 2.45) is 5.92 Å². The molecule has 0 aliphatic carbocycles. The molecule has 4 rings (SSSR count). The van der Waals surface area contributed by atoms with Gasteiger partial charge in [-0.1, -0.05) is 52.3 Å². The minimum atomic E-state index is -0.741. The van der Waals surface area contributed by atoms with E-state index >= 15 is 0 Å². The first-order valence-corrected chi connectivity index (χ1v) is 10.4. The maximum atomic E-state index is 11.6. The molecule has 2 heterocycles. The summed E-state index contributed by atoms with van der Waals surface area (Å²) in [6, 6.07) is 14.0. The molecule has 2 aromatic carbocycles. The van der Waals surface area contributed by atoms with E-state index in [1.165, 1.54) is 0 Å². The quantitative estimate of drug-likeness (QED) is 0.499. The number of aryl methyl sites for hydroxylation is 1. The minimum absolute atomic E-state index is 0.0154. The third-order valence-corrected chi connectivity index (χ3v) is 7.11. The van der Waals surface area contributed by atoms with Crippen LogP contribution in [0.25, 0.3) is 10.9 Å². The third kappa shape index (κ3) is 2.96. The zero-order valence-corrected chi connectivity index (χ0v) is 17.2. The van der Waals surface area contributed by atoms with E-state index in [-0.39, 0.29) is 5.92 Å². The second-order valence-electron chi connectivity index (χ2n) is 6.58. The van der Waals surface area contributed by atoms with Crippen LogP contribution in [-0.2, 0) is 11.3 Å². The topological polar surface area (TPSA) is 42.2 Å². The number of carbonyl (C=O) groups is 1. The van der Waals surface area contributed by atoms with Gasteiger partial charge in [-0.2, -0.15) is 0 Å². The highest BCUT2D eigenvalue weighted by Gasteiger charge is 2.36. The van der Waals surface area contributed by atoms with Crippen molar-refractivity contribution in [3.63, 3.8) is 0 Å². The fourth-order valence-electron chi connectivity index (χ4n) is 3.74. The van der Waals surface area contributed by atoms with Crippen LogP contribution in [0.3, 0.4) is 0 Å². The van der Waals surface area contributed by atoms with Crippen LogP contribution in [-0.4, -0.2) is 15.6 Å². The molecule has 3 nitrogen and oxygen atoms in total. The van der Waals surface area contributed by atoms with Gasteiger partial charge in [-0.3, -0.25) is 4.79 Å². The number of carboxylic acid groups (broad SMARTS) is 1. The lowest BCUT2D eigenvalue weighted by Gasteiger charge is -2.16. The Hall–Kier alpha value is -1.43. The average molecular weight is 451 g/mol. The van der Waals surface area contributed by atoms with Crippen molar-refractivity contribution in [2.75, 3.05) is 0 Å². The summed E-state index contributed by atoms with van der Waals surface area (Å²) in [5, 5.41) is 11.4. The van der Waals surface area contributed by atoms with Gasteiger partial charge in [0, 0.05) is 42.8 Å². The molecular weight excluding hydrogens is 434 g/mol. The number of rotatable bonds is 4. The van der Waals surface area contributed by atoms with Gasteiger partial charge in [0.1, 0.15) is 0 Å². The molecule has 2 atom stereocenters. The fourth-order valence-corrected chi connectivity index (χ4v) is 5.74. The van der Waals surface area contributed by atoms with E-state index < -0.39 is 11.9 Å². The molecule has 134 valence electrons. The van der Waals surface area contributed by atoms with Gasteiger partial charge >= 0.3 is 5.97 Å². The van der Waals surface area contributed by atoms with Crippen LogP contribution >= 0.6 is 39.3 Å². The molecule has 0 bridgehead atoms. The summed E-state index contributed by atoms with van der Waals surface area (Å²) in [4.78, 5) is 13.9. The second-order valence-corrected chi connectivity index (χ2v) is 8.95. The number of hydrogen-bond acceptors (Lipinski definition) is 2. The number of aliphatic carboxylic acids is 1. The van der Waals surface area contributed by atoms with E-state index in [4.69, 9.17) is 11.6 Å². The molecular formula is C20H17BrClNO2S. The molecule has 0 fully saturated rings. The van der Waals surface area contributed by atoms with E-state index in [1.807, 2.05) is 43.3 Å². The smallest absolute Gasteiger partial charge is 0.306 e. The molecule has 1 aromatic heterocycles. The van der Waals surface area contributed by atoms with Crippen molar-refractivity contribution in [2.45, 2.75) is 35.6 Å². The van der Waals surface area contributed by atoms with Crippen LogP contribution in [0.5, 0.6) is 0 Å². The highest BCUT2D eigenvalue weighted by molar-refractivity contribution is 9.10. The van der Waals surface area contributed by atoms with Crippen molar-refractivity contribution in [3.05, 3.63) is 57.7 Å². The lowest BCUT2D eigenvalue weighted by molar-refractivity contribution is -0.141. The third-order valence-electron chi connectivity index (χ3n) is 5.07. The predicted octanol–water partition coefficient (Wildman–Crippen LogP) is 6.42. The van der Waals surface area contributed by atoms with Crippen LogP contribution in [0.15, 0.2) is 56.7 Å². The van der Waals surface area contributed by atoms with Gasteiger partial charge in [0.2, 0.25) is 0 Å². The van der Waals surface area contributed by atoms with Gasteiger partial charge in [-0.15, -0.1) is 0 Å². The molecule has 0 saturated heterocycles. The van der Waals surface area contributed by atoms with Crippen LogP contribution < -0.4 is 0 Å². The highest BCUT2D eigenvalue weighted by Crippen LogP contribution is 2.49. The van der Waals surface area contributed by atoms with Crippen LogP contribution in [0.2, 0.25) is 5.02 Å². The summed E-state index contributed by atoms with van der Waals surface area (Å²) in [5.74, 6) is -1.14. The fraction of sp³-hybridized carbons (Fsp3) is 0.250. The Morgan fingerprint density at radius 2 is 2.04 bits per heavy atom. The molecule has 0 saturated carbocycles. The number of halogens is 2. The summed E-state index contributed by atoms with van der Waals surface area (Å²) >= 11 is 11.4. The zero-order valence-electron chi connectivity index (χ0n) is 14.1. The SMILES string of the molecule is CC(C(=O)O)C1CCn2c1c(Sc1ccc(Cl)cc1)c1c(Br)cccc12.